The van der Waals surface area contributed by atoms with Crippen LogP contribution in [0.25, 0.3) is 10.9 Å². The second-order valence-electron chi connectivity index (χ2n) is 3.97. The van der Waals surface area contributed by atoms with Crippen LogP contribution in [0.5, 0.6) is 0 Å². The zero-order valence-electron chi connectivity index (χ0n) is 10.4. The summed E-state index contributed by atoms with van der Waals surface area (Å²) >= 11 is 1.49. The van der Waals surface area contributed by atoms with E-state index in [-0.39, 0.29) is 5.91 Å². The van der Waals surface area contributed by atoms with Gasteiger partial charge in [-0.2, -0.15) is 10.2 Å². The third kappa shape index (κ3) is 2.98. The molecule has 0 aliphatic carbocycles. The van der Waals surface area contributed by atoms with E-state index in [0.717, 1.165) is 15.8 Å². The van der Waals surface area contributed by atoms with E-state index in [0.29, 0.717) is 12.3 Å². The summed E-state index contributed by atoms with van der Waals surface area (Å²) < 4.78 is 0. The third-order valence-electron chi connectivity index (χ3n) is 2.49. The third-order valence-corrected chi connectivity index (χ3v) is 3.53. The molecule has 0 radical (unpaired) electrons. The number of thioether (sulfide) groups is 1. The molecule has 1 aromatic carbocycles. The SMILES string of the molecule is CCNC(=O)CSc1cnnc2ccc(C)cc12. The van der Waals surface area contributed by atoms with Crippen LogP contribution in [-0.2, 0) is 4.79 Å². The molecule has 4 nitrogen and oxygen atoms in total. The molecule has 0 aliphatic rings. The highest BCUT2D eigenvalue weighted by molar-refractivity contribution is 8.00. The number of hydrogen-bond acceptors (Lipinski definition) is 4. The fourth-order valence-corrected chi connectivity index (χ4v) is 2.48. The number of amides is 1. The van der Waals surface area contributed by atoms with Gasteiger partial charge in [-0.1, -0.05) is 11.6 Å². The first-order valence-corrected chi connectivity index (χ1v) is 6.81. The Kier molecular flexibility index (Phi) is 4.15. The Balaban J connectivity index is 2.22. The number of benzene rings is 1. The Hall–Kier alpha value is -1.62. The van der Waals surface area contributed by atoms with Gasteiger partial charge in [-0.3, -0.25) is 4.79 Å². The highest BCUT2D eigenvalue weighted by atomic mass is 32.2. The lowest BCUT2D eigenvalue weighted by Gasteiger charge is -2.05. The molecule has 1 N–H and O–H groups in total. The van der Waals surface area contributed by atoms with Crippen molar-refractivity contribution >= 4 is 28.6 Å². The molecular formula is C13H15N3OS. The lowest BCUT2D eigenvalue weighted by atomic mass is 10.1. The van der Waals surface area contributed by atoms with Crippen LogP contribution in [0.15, 0.2) is 29.3 Å². The molecule has 1 amide bonds. The smallest absolute Gasteiger partial charge is 0.230 e. The first kappa shape index (κ1) is 12.8. The zero-order chi connectivity index (χ0) is 13.0. The maximum Gasteiger partial charge on any atom is 0.230 e. The lowest BCUT2D eigenvalue weighted by molar-refractivity contribution is -0.118. The predicted octanol–water partition coefficient (Wildman–Crippen LogP) is 2.17. The van der Waals surface area contributed by atoms with E-state index in [1.54, 1.807) is 6.20 Å². The van der Waals surface area contributed by atoms with Gasteiger partial charge in [0.1, 0.15) is 0 Å². The Morgan fingerprint density at radius 1 is 1.44 bits per heavy atom. The van der Waals surface area contributed by atoms with Gasteiger partial charge in [0.05, 0.1) is 17.5 Å². The summed E-state index contributed by atoms with van der Waals surface area (Å²) in [5.41, 5.74) is 2.04. The number of rotatable bonds is 4. The van der Waals surface area contributed by atoms with Gasteiger partial charge in [-0.15, -0.1) is 11.8 Å². The van der Waals surface area contributed by atoms with Crippen LogP contribution in [0.3, 0.4) is 0 Å². The van der Waals surface area contributed by atoms with Crippen molar-refractivity contribution in [3.63, 3.8) is 0 Å². The number of carbonyl (C=O) groups excluding carboxylic acids is 1. The van der Waals surface area contributed by atoms with Crippen molar-refractivity contribution in [2.24, 2.45) is 0 Å². The van der Waals surface area contributed by atoms with Gasteiger partial charge in [-0.05, 0) is 26.0 Å². The molecule has 0 atom stereocenters. The van der Waals surface area contributed by atoms with E-state index in [1.807, 2.05) is 26.0 Å². The molecule has 0 unspecified atom stereocenters. The topological polar surface area (TPSA) is 54.9 Å². The Bertz CT molecular complexity index is 571. The largest absolute Gasteiger partial charge is 0.356 e. The van der Waals surface area contributed by atoms with E-state index < -0.39 is 0 Å². The van der Waals surface area contributed by atoms with Crippen molar-refractivity contribution in [2.75, 3.05) is 12.3 Å². The predicted molar refractivity (Wildman–Crippen MR) is 73.7 cm³/mol. The van der Waals surface area contributed by atoms with Gasteiger partial charge in [0.2, 0.25) is 5.91 Å². The van der Waals surface area contributed by atoms with Gasteiger partial charge in [0.15, 0.2) is 0 Å². The van der Waals surface area contributed by atoms with Gasteiger partial charge in [0, 0.05) is 16.8 Å². The maximum absolute atomic E-state index is 11.5. The van der Waals surface area contributed by atoms with Crippen LogP contribution < -0.4 is 5.32 Å². The molecule has 1 aromatic heterocycles. The van der Waals surface area contributed by atoms with E-state index in [2.05, 4.69) is 21.6 Å². The lowest BCUT2D eigenvalue weighted by Crippen LogP contribution is -2.24. The molecule has 94 valence electrons. The van der Waals surface area contributed by atoms with Crippen molar-refractivity contribution in [3.8, 4) is 0 Å². The molecule has 1 heterocycles. The second-order valence-corrected chi connectivity index (χ2v) is 4.99. The van der Waals surface area contributed by atoms with Crippen LogP contribution in [0, 0.1) is 6.92 Å². The summed E-state index contributed by atoms with van der Waals surface area (Å²) in [5, 5.41) is 11.9. The number of aryl methyl sites for hydroxylation is 1. The highest BCUT2D eigenvalue weighted by Crippen LogP contribution is 2.26. The molecule has 0 bridgehead atoms. The quantitative estimate of drug-likeness (QED) is 0.857. The molecule has 0 aliphatic heterocycles. The summed E-state index contributed by atoms with van der Waals surface area (Å²) in [7, 11) is 0. The minimum Gasteiger partial charge on any atom is -0.356 e. The standard InChI is InChI=1S/C13H15N3OS/c1-3-14-13(17)8-18-12-7-15-16-11-5-4-9(2)6-10(11)12/h4-7H,3,8H2,1-2H3,(H,14,17). The number of nitrogens with zero attached hydrogens (tertiary/aromatic N) is 2. The van der Waals surface area contributed by atoms with Gasteiger partial charge < -0.3 is 5.32 Å². The molecule has 2 rings (SSSR count). The molecule has 0 fully saturated rings. The average Bonchev–Trinajstić information content (AvgIpc) is 2.36. The molecule has 0 saturated carbocycles. The van der Waals surface area contributed by atoms with Gasteiger partial charge >= 0.3 is 0 Å². The number of hydrogen-bond donors (Lipinski definition) is 1. The number of nitrogens with one attached hydrogen (secondary N) is 1. The van der Waals surface area contributed by atoms with Crippen molar-refractivity contribution in [2.45, 2.75) is 18.7 Å². The Labute approximate surface area is 110 Å². The fourth-order valence-electron chi connectivity index (χ4n) is 1.65. The van der Waals surface area contributed by atoms with Crippen LogP contribution in [-0.4, -0.2) is 28.4 Å². The second kappa shape index (κ2) is 5.82. The van der Waals surface area contributed by atoms with Gasteiger partial charge in [-0.25, -0.2) is 0 Å². The van der Waals surface area contributed by atoms with Crippen molar-refractivity contribution in [1.82, 2.24) is 15.5 Å². The number of carbonyl (C=O) groups is 1. The minimum absolute atomic E-state index is 0.0418. The maximum atomic E-state index is 11.5. The van der Waals surface area contributed by atoms with Crippen molar-refractivity contribution in [3.05, 3.63) is 30.0 Å². The number of aromatic nitrogens is 2. The van der Waals surface area contributed by atoms with Crippen LogP contribution in [0.4, 0.5) is 0 Å². The molecule has 2 aromatic rings. The highest BCUT2D eigenvalue weighted by Gasteiger charge is 2.06. The normalized spacial score (nSPS) is 10.6. The average molecular weight is 261 g/mol. The summed E-state index contributed by atoms with van der Waals surface area (Å²) in [5.74, 6) is 0.447. The summed E-state index contributed by atoms with van der Waals surface area (Å²) in [4.78, 5) is 12.4. The molecule has 0 spiro atoms. The molecule has 18 heavy (non-hydrogen) atoms. The summed E-state index contributed by atoms with van der Waals surface area (Å²) in [6.07, 6.45) is 1.71. The van der Waals surface area contributed by atoms with Crippen molar-refractivity contribution < 1.29 is 4.79 Å². The Morgan fingerprint density at radius 2 is 2.28 bits per heavy atom. The first-order chi connectivity index (χ1) is 8.70. The van der Waals surface area contributed by atoms with E-state index in [9.17, 15) is 4.79 Å². The number of fused-ring (bicyclic) bond motifs is 1. The summed E-state index contributed by atoms with van der Waals surface area (Å²) in [6.45, 7) is 4.61. The molecule has 0 saturated heterocycles. The van der Waals surface area contributed by atoms with Gasteiger partial charge in [0.25, 0.3) is 0 Å². The molecule has 5 heteroatoms. The first-order valence-electron chi connectivity index (χ1n) is 5.82. The fraction of sp³-hybridized carbons (Fsp3) is 0.308. The van der Waals surface area contributed by atoms with Crippen LogP contribution in [0.1, 0.15) is 12.5 Å². The molecular weight excluding hydrogens is 246 g/mol. The van der Waals surface area contributed by atoms with Crippen LogP contribution >= 0.6 is 11.8 Å². The zero-order valence-corrected chi connectivity index (χ0v) is 11.3. The van der Waals surface area contributed by atoms with E-state index in [1.165, 1.54) is 17.3 Å². The van der Waals surface area contributed by atoms with Crippen LogP contribution in [0.2, 0.25) is 0 Å². The summed E-state index contributed by atoms with van der Waals surface area (Å²) in [6, 6.07) is 6.03. The Morgan fingerprint density at radius 3 is 3.06 bits per heavy atom. The van der Waals surface area contributed by atoms with E-state index in [4.69, 9.17) is 0 Å². The van der Waals surface area contributed by atoms with Crippen molar-refractivity contribution in [1.29, 1.82) is 0 Å². The van der Waals surface area contributed by atoms with E-state index >= 15 is 0 Å². The monoisotopic (exact) mass is 261 g/mol. The minimum atomic E-state index is 0.0418.